The van der Waals surface area contributed by atoms with Crippen LogP contribution < -0.4 is 9.64 Å². The molecule has 2 rings (SSSR count). The van der Waals surface area contributed by atoms with Crippen LogP contribution in [0.3, 0.4) is 0 Å². The molecule has 1 heterocycles. The van der Waals surface area contributed by atoms with Crippen LogP contribution in [0.1, 0.15) is 6.92 Å². The number of hydrogen-bond acceptors (Lipinski definition) is 2. The van der Waals surface area contributed by atoms with Gasteiger partial charge in [0, 0.05) is 5.02 Å². The maximum Gasteiger partial charge on any atom is 0.263 e. The predicted octanol–water partition coefficient (Wildman–Crippen LogP) is 0.464. The number of carbonyl (C=O) groups is 1. The molecule has 1 atom stereocenters. The Morgan fingerprint density at radius 1 is 1.42 bits per heavy atom. The summed E-state index contributed by atoms with van der Waals surface area (Å²) in [5.41, 5.74) is 0. The molecule has 0 aromatic heterocycles. The molecule has 4 nitrogen and oxygen atoms in total. The molecule has 0 aliphatic carbocycles. The van der Waals surface area contributed by atoms with Gasteiger partial charge in [0.25, 0.3) is 5.91 Å². The van der Waals surface area contributed by atoms with E-state index in [0.29, 0.717) is 10.8 Å². The van der Waals surface area contributed by atoms with Gasteiger partial charge in [0.1, 0.15) is 5.75 Å². The highest BCUT2D eigenvalue weighted by Crippen LogP contribution is 2.18. The number of ether oxygens (including phenoxy) is 1. The summed E-state index contributed by atoms with van der Waals surface area (Å²) in [4.78, 5) is 15.6. The van der Waals surface area contributed by atoms with E-state index in [-0.39, 0.29) is 5.91 Å². The number of carbonyl (C=O) groups excluding carboxylic acids is 1. The minimum atomic E-state index is -0.475. The SMILES string of the molecule is C[C@@H](Oc1cccc(Cl)c1)C(=O)N1CC[NH+](C)CC1. The first-order valence-electron chi connectivity index (χ1n) is 6.58. The molecule has 1 aromatic rings. The number of nitrogens with one attached hydrogen (secondary N) is 1. The minimum absolute atomic E-state index is 0.0486. The van der Waals surface area contributed by atoms with E-state index in [1.807, 2.05) is 17.0 Å². The molecule has 1 N–H and O–H groups in total. The average Bonchev–Trinajstić information content (AvgIpc) is 2.39. The number of halogens is 1. The Labute approximate surface area is 118 Å². The van der Waals surface area contributed by atoms with Gasteiger partial charge in [0.05, 0.1) is 33.2 Å². The third-order valence-corrected chi connectivity index (χ3v) is 3.62. The lowest BCUT2D eigenvalue weighted by atomic mass is 10.2. The van der Waals surface area contributed by atoms with Gasteiger partial charge in [-0.25, -0.2) is 0 Å². The Bertz CT molecular complexity index is 445. The molecule has 1 amide bonds. The van der Waals surface area contributed by atoms with E-state index in [2.05, 4.69) is 7.05 Å². The first kappa shape index (κ1) is 14.2. The molecular weight excluding hydrogens is 264 g/mol. The third kappa shape index (κ3) is 3.85. The molecule has 104 valence electrons. The molecule has 1 aliphatic heterocycles. The lowest BCUT2D eigenvalue weighted by molar-refractivity contribution is -0.883. The summed E-state index contributed by atoms with van der Waals surface area (Å²) in [6, 6.07) is 7.13. The van der Waals surface area contributed by atoms with Crippen LogP contribution in [0.5, 0.6) is 5.75 Å². The van der Waals surface area contributed by atoms with E-state index in [1.54, 1.807) is 19.1 Å². The second-order valence-corrected chi connectivity index (χ2v) is 5.44. The van der Waals surface area contributed by atoms with Gasteiger partial charge in [0.15, 0.2) is 6.10 Å². The van der Waals surface area contributed by atoms with Crippen molar-refractivity contribution in [3.8, 4) is 5.75 Å². The third-order valence-electron chi connectivity index (χ3n) is 3.39. The second kappa shape index (κ2) is 6.26. The zero-order valence-corrected chi connectivity index (χ0v) is 12.1. The molecule has 0 radical (unpaired) electrons. The Morgan fingerprint density at radius 3 is 2.74 bits per heavy atom. The number of nitrogens with zero attached hydrogens (tertiary/aromatic N) is 1. The number of benzene rings is 1. The van der Waals surface area contributed by atoms with Gasteiger partial charge < -0.3 is 14.5 Å². The van der Waals surface area contributed by atoms with Crippen LogP contribution in [-0.2, 0) is 4.79 Å². The van der Waals surface area contributed by atoms with Crippen molar-refractivity contribution >= 4 is 17.5 Å². The van der Waals surface area contributed by atoms with Crippen molar-refractivity contribution < 1.29 is 14.4 Å². The van der Waals surface area contributed by atoms with Crippen molar-refractivity contribution in [3.63, 3.8) is 0 Å². The molecule has 1 fully saturated rings. The molecule has 0 spiro atoms. The van der Waals surface area contributed by atoms with Crippen LogP contribution in [-0.4, -0.2) is 50.1 Å². The summed E-state index contributed by atoms with van der Waals surface area (Å²) in [5, 5.41) is 0.611. The zero-order valence-electron chi connectivity index (χ0n) is 11.4. The van der Waals surface area contributed by atoms with E-state index in [9.17, 15) is 4.79 Å². The maximum atomic E-state index is 12.3. The molecule has 1 aliphatic rings. The van der Waals surface area contributed by atoms with Crippen LogP contribution in [0, 0.1) is 0 Å². The van der Waals surface area contributed by atoms with Crippen molar-refractivity contribution in [2.75, 3.05) is 33.2 Å². The minimum Gasteiger partial charge on any atom is -0.481 e. The predicted molar refractivity (Wildman–Crippen MR) is 74.7 cm³/mol. The largest absolute Gasteiger partial charge is 0.481 e. The van der Waals surface area contributed by atoms with Crippen LogP contribution in [0.2, 0.25) is 5.02 Å². The fourth-order valence-electron chi connectivity index (χ4n) is 2.16. The number of quaternary nitrogens is 1. The number of rotatable bonds is 3. The zero-order chi connectivity index (χ0) is 13.8. The Hall–Kier alpha value is -1.26. The number of piperazine rings is 1. The van der Waals surface area contributed by atoms with Crippen LogP contribution in [0.15, 0.2) is 24.3 Å². The Morgan fingerprint density at radius 2 is 2.11 bits per heavy atom. The standard InChI is InChI=1S/C14H19ClN2O2/c1-11(19-13-5-3-4-12(15)10-13)14(18)17-8-6-16(2)7-9-17/h3-5,10-11H,6-9H2,1-2H3/p+1/t11-/m1/s1. The van der Waals surface area contributed by atoms with Crippen LogP contribution in [0.4, 0.5) is 0 Å². The van der Waals surface area contributed by atoms with E-state index < -0.39 is 6.10 Å². The summed E-state index contributed by atoms with van der Waals surface area (Å²) in [5.74, 6) is 0.681. The molecule has 5 heteroatoms. The van der Waals surface area contributed by atoms with E-state index in [1.165, 1.54) is 4.90 Å². The van der Waals surface area contributed by atoms with E-state index in [4.69, 9.17) is 16.3 Å². The van der Waals surface area contributed by atoms with Crippen molar-refractivity contribution in [2.24, 2.45) is 0 Å². The number of amides is 1. The summed E-state index contributed by atoms with van der Waals surface area (Å²) in [7, 11) is 2.15. The van der Waals surface area contributed by atoms with Gasteiger partial charge in [-0.15, -0.1) is 0 Å². The lowest BCUT2D eigenvalue weighted by Crippen LogP contribution is -3.12. The van der Waals surface area contributed by atoms with E-state index >= 15 is 0 Å². The smallest absolute Gasteiger partial charge is 0.263 e. The van der Waals surface area contributed by atoms with Crippen molar-refractivity contribution in [1.82, 2.24) is 4.90 Å². The first-order valence-corrected chi connectivity index (χ1v) is 6.96. The van der Waals surface area contributed by atoms with Gasteiger partial charge in [0.2, 0.25) is 0 Å². The number of likely N-dealkylation sites (N-methyl/N-ethyl adjacent to an activating group) is 1. The fraction of sp³-hybridized carbons (Fsp3) is 0.500. The van der Waals surface area contributed by atoms with Crippen LogP contribution in [0.25, 0.3) is 0 Å². The van der Waals surface area contributed by atoms with Gasteiger partial charge in [-0.05, 0) is 25.1 Å². The van der Waals surface area contributed by atoms with Gasteiger partial charge in [-0.1, -0.05) is 17.7 Å². The summed E-state index contributed by atoms with van der Waals surface area (Å²) < 4.78 is 5.65. The Kier molecular flexibility index (Phi) is 4.66. The second-order valence-electron chi connectivity index (χ2n) is 5.00. The monoisotopic (exact) mass is 283 g/mol. The average molecular weight is 284 g/mol. The molecule has 1 saturated heterocycles. The van der Waals surface area contributed by atoms with E-state index in [0.717, 1.165) is 26.2 Å². The fourth-order valence-corrected chi connectivity index (χ4v) is 2.34. The van der Waals surface area contributed by atoms with Gasteiger partial charge in [-0.2, -0.15) is 0 Å². The van der Waals surface area contributed by atoms with Gasteiger partial charge >= 0.3 is 0 Å². The molecular formula is C14H20ClN2O2+. The maximum absolute atomic E-state index is 12.3. The highest BCUT2D eigenvalue weighted by Gasteiger charge is 2.26. The highest BCUT2D eigenvalue weighted by atomic mass is 35.5. The summed E-state index contributed by atoms with van der Waals surface area (Å²) >= 11 is 5.89. The first-order chi connectivity index (χ1) is 9.06. The summed E-state index contributed by atoms with van der Waals surface area (Å²) in [6.45, 7) is 5.38. The molecule has 19 heavy (non-hydrogen) atoms. The molecule has 0 bridgehead atoms. The molecule has 1 aromatic carbocycles. The Balaban J connectivity index is 1.92. The summed E-state index contributed by atoms with van der Waals surface area (Å²) in [6.07, 6.45) is -0.475. The number of hydrogen-bond donors (Lipinski definition) is 1. The highest BCUT2D eigenvalue weighted by molar-refractivity contribution is 6.30. The quantitative estimate of drug-likeness (QED) is 0.875. The van der Waals surface area contributed by atoms with Crippen molar-refractivity contribution in [1.29, 1.82) is 0 Å². The van der Waals surface area contributed by atoms with Gasteiger partial charge in [-0.3, -0.25) is 4.79 Å². The molecule has 0 unspecified atom stereocenters. The van der Waals surface area contributed by atoms with Crippen LogP contribution >= 0.6 is 11.6 Å². The normalized spacial score (nSPS) is 18.2. The van der Waals surface area contributed by atoms with Crippen molar-refractivity contribution in [3.05, 3.63) is 29.3 Å². The topological polar surface area (TPSA) is 34.0 Å². The lowest BCUT2D eigenvalue weighted by Gasteiger charge is -2.31. The molecule has 0 saturated carbocycles. The van der Waals surface area contributed by atoms with Crippen molar-refractivity contribution in [2.45, 2.75) is 13.0 Å².